The molecule has 2 unspecified atom stereocenters. The third-order valence-electron chi connectivity index (χ3n) is 7.88. The van der Waals surface area contributed by atoms with Crippen molar-refractivity contribution in [2.75, 3.05) is 19.6 Å². The first-order valence-corrected chi connectivity index (χ1v) is 10.4. The summed E-state index contributed by atoms with van der Waals surface area (Å²) in [7, 11) is 0. The second-order valence-electron chi connectivity index (χ2n) is 9.79. The summed E-state index contributed by atoms with van der Waals surface area (Å²) in [6, 6.07) is 9.27. The number of rotatable bonds is 4. The Balaban J connectivity index is 1.45. The van der Waals surface area contributed by atoms with E-state index in [-0.39, 0.29) is 5.41 Å². The number of nitrogens with zero attached hydrogens (tertiary/aromatic N) is 1. The van der Waals surface area contributed by atoms with Crippen molar-refractivity contribution in [3.63, 3.8) is 0 Å². The number of carbonyl (C=O) groups is 1. The predicted octanol–water partition coefficient (Wildman–Crippen LogP) is 4.50. The number of likely N-dealkylation sites (tertiary alicyclic amines) is 1. The molecule has 2 heteroatoms. The number of ketones is 1. The van der Waals surface area contributed by atoms with Crippen molar-refractivity contribution in [1.29, 1.82) is 0 Å². The quantitative estimate of drug-likeness (QED) is 0.806. The van der Waals surface area contributed by atoms with Gasteiger partial charge in [0.05, 0.1) is 6.54 Å². The molecule has 2 nitrogen and oxygen atoms in total. The Hall–Kier alpha value is -1.15. The average molecular weight is 338 g/mol. The van der Waals surface area contributed by atoms with E-state index in [0.717, 1.165) is 37.9 Å². The standard InChI is InChI=1S/C23H31NO/c1-17-4-6-20(7-5-17)22-11-18-10-19(12-22)14-23(13-18,16-22)21(25)15-24-8-2-3-9-24/h4-7,18-19H,2-3,8-16H2,1H3. The van der Waals surface area contributed by atoms with Crippen molar-refractivity contribution >= 4 is 5.78 Å². The minimum absolute atomic E-state index is 0.00242. The highest BCUT2D eigenvalue weighted by atomic mass is 16.1. The van der Waals surface area contributed by atoms with Gasteiger partial charge in [0, 0.05) is 5.41 Å². The maximum atomic E-state index is 13.4. The summed E-state index contributed by atoms with van der Waals surface area (Å²) < 4.78 is 0. The molecule has 1 heterocycles. The van der Waals surface area contributed by atoms with Crippen LogP contribution in [0, 0.1) is 24.2 Å². The van der Waals surface area contributed by atoms with Crippen LogP contribution in [0.4, 0.5) is 0 Å². The van der Waals surface area contributed by atoms with E-state index < -0.39 is 0 Å². The zero-order chi connectivity index (χ0) is 17.1. The van der Waals surface area contributed by atoms with Crippen LogP contribution in [-0.4, -0.2) is 30.3 Å². The number of aryl methyl sites for hydroxylation is 1. The van der Waals surface area contributed by atoms with Gasteiger partial charge in [0.15, 0.2) is 5.78 Å². The second kappa shape index (κ2) is 5.67. The van der Waals surface area contributed by atoms with Gasteiger partial charge in [0.2, 0.25) is 0 Å². The van der Waals surface area contributed by atoms with Crippen molar-refractivity contribution in [2.45, 2.75) is 63.7 Å². The van der Waals surface area contributed by atoms with E-state index in [1.807, 2.05) is 0 Å². The fourth-order valence-electron chi connectivity index (χ4n) is 7.15. The van der Waals surface area contributed by atoms with Crippen molar-refractivity contribution < 1.29 is 4.79 Å². The van der Waals surface area contributed by atoms with E-state index in [9.17, 15) is 4.79 Å². The minimum atomic E-state index is -0.00242. The molecule has 4 saturated carbocycles. The highest BCUT2D eigenvalue weighted by Crippen LogP contribution is 2.66. The molecule has 5 fully saturated rings. The average Bonchev–Trinajstić information content (AvgIpc) is 3.07. The van der Waals surface area contributed by atoms with E-state index in [4.69, 9.17) is 0 Å². The van der Waals surface area contributed by atoms with Gasteiger partial charge in [-0.25, -0.2) is 0 Å². The SMILES string of the molecule is Cc1ccc(C23CC4CC(CC(C(=O)CN5CCCC5)(C4)C2)C3)cc1. The van der Waals surface area contributed by atoms with E-state index in [1.54, 1.807) is 0 Å². The second-order valence-corrected chi connectivity index (χ2v) is 9.79. The first kappa shape index (κ1) is 16.1. The third-order valence-corrected chi connectivity index (χ3v) is 7.88. The van der Waals surface area contributed by atoms with Gasteiger partial charge >= 0.3 is 0 Å². The molecule has 6 rings (SSSR count). The van der Waals surface area contributed by atoms with Crippen LogP contribution in [0.2, 0.25) is 0 Å². The van der Waals surface area contributed by atoms with Crippen molar-refractivity contribution in [3.8, 4) is 0 Å². The van der Waals surface area contributed by atoms with Gasteiger partial charge in [-0.3, -0.25) is 9.69 Å². The Morgan fingerprint density at radius 1 is 1.04 bits per heavy atom. The summed E-state index contributed by atoms with van der Waals surface area (Å²) in [6.45, 7) is 5.17. The molecule has 1 aromatic carbocycles. The largest absolute Gasteiger partial charge is 0.298 e. The number of hydrogen-bond acceptors (Lipinski definition) is 2. The molecule has 0 N–H and O–H groups in total. The van der Waals surface area contributed by atoms with Gasteiger partial charge in [-0.2, -0.15) is 0 Å². The van der Waals surface area contributed by atoms with E-state index in [2.05, 4.69) is 36.1 Å². The lowest BCUT2D eigenvalue weighted by atomic mass is 9.42. The summed E-state index contributed by atoms with van der Waals surface area (Å²) >= 11 is 0. The summed E-state index contributed by atoms with van der Waals surface area (Å²) in [5.74, 6) is 2.15. The van der Waals surface area contributed by atoms with Crippen molar-refractivity contribution in [1.82, 2.24) is 4.90 Å². The third kappa shape index (κ3) is 2.60. The van der Waals surface area contributed by atoms with Crippen LogP contribution in [0.1, 0.15) is 62.5 Å². The number of Topliss-reactive ketones (excluding diaryl/α,β-unsaturated/α-hetero) is 1. The Morgan fingerprint density at radius 3 is 2.32 bits per heavy atom. The van der Waals surface area contributed by atoms with E-state index in [0.29, 0.717) is 11.2 Å². The fraction of sp³-hybridized carbons (Fsp3) is 0.696. The molecule has 134 valence electrons. The normalized spacial score (nSPS) is 39.9. The molecular weight excluding hydrogens is 306 g/mol. The Kier molecular flexibility index (Phi) is 3.64. The number of benzene rings is 1. The van der Waals surface area contributed by atoms with Gasteiger partial charge < -0.3 is 0 Å². The molecule has 5 aliphatic rings. The van der Waals surface area contributed by atoms with Crippen LogP contribution in [0.3, 0.4) is 0 Å². The highest BCUT2D eigenvalue weighted by molar-refractivity contribution is 5.87. The lowest BCUT2D eigenvalue weighted by Gasteiger charge is -2.62. The zero-order valence-corrected chi connectivity index (χ0v) is 15.6. The molecule has 4 bridgehead atoms. The summed E-state index contributed by atoms with van der Waals surface area (Å²) in [5, 5.41) is 0. The molecule has 1 saturated heterocycles. The molecule has 0 amide bonds. The van der Waals surface area contributed by atoms with Gasteiger partial charge in [0.1, 0.15) is 0 Å². The van der Waals surface area contributed by atoms with Gasteiger partial charge in [-0.05, 0) is 94.2 Å². The molecule has 4 aliphatic carbocycles. The summed E-state index contributed by atoms with van der Waals surface area (Å²) in [6.07, 6.45) is 10.1. The summed E-state index contributed by atoms with van der Waals surface area (Å²) in [4.78, 5) is 15.9. The van der Waals surface area contributed by atoms with Crippen LogP contribution in [0.15, 0.2) is 24.3 Å². The van der Waals surface area contributed by atoms with Crippen LogP contribution < -0.4 is 0 Å². The Morgan fingerprint density at radius 2 is 1.68 bits per heavy atom. The van der Waals surface area contributed by atoms with Gasteiger partial charge in [0.25, 0.3) is 0 Å². The zero-order valence-electron chi connectivity index (χ0n) is 15.6. The highest BCUT2D eigenvalue weighted by Gasteiger charge is 2.60. The first-order chi connectivity index (χ1) is 12.1. The topological polar surface area (TPSA) is 20.3 Å². The molecule has 25 heavy (non-hydrogen) atoms. The van der Waals surface area contributed by atoms with Crippen molar-refractivity contribution in [2.24, 2.45) is 17.3 Å². The van der Waals surface area contributed by atoms with Crippen LogP contribution in [0.5, 0.6) is 0 Å². The van der Waals surface area contributed by atoms with Gasteiger partial charge in [-0.1, -0.05) is 29.8 Å². The monoisotopic (exact) mass is 337 g/mol. The molecular formula is C23H31NO. The van der Waals surface area contributed by atoms with Crippen molar-refractivity contribution in [3.05, 3.63) is 35.4 Å². The minimum Gasteiger partial charge on any atom is -0.298 e. The molecule has 1 aliphatic heterocycles. The van der Waals surface area contributed by atoms with Gasteiger partial charge in [-0.15, -0.1) is 0 Å². The fourth-order valence-corrected chi connectivity index (χ4v) is 7.15. The van der Waals surface area contributed by atoms with Crippen LogP contribution in [-0.2, 0) is 10.2 Å². The maximum absolute atomic E-state index is 13.4. The molecule has 2 atom stereocenters. The lowest BCUT2D eigenvalue weighted by molar-refractivity contribution is -0.147. The molecule has 1 aromatic rings. The van der Waals surface area contributed by atoms with Crippen LogP contribution in [0.25, 0.3) is 0 Å². The maximum Gasteiger partial charge on any atom is 0.153 e. The molecule has 0 spiro atoms. The smallest absolute Gasteiger partial charge is 0.153 e. The van der Waals surface area contributed by atoms with Crippen LogP contribution >= 0.6 is 0 Å². The number of carbonyl (C=O) groups excluding carboxylic acids is 1. The van der Waals surface area contributed by atoms with E-state index in [1.165, 1.54) is 56.1 Å². The number of hydrogen-bond donors (Lipinski definition) is 0. The first-order valence-electron chi connectivity index (χ1n) is 10.4. The Bertz CT molecular complexity index is 656. The molecule has 0 aromatic heterocycles. The van der Waals surface area contributed by atoms with E-state index >= 15 is 0 Å². The predicted molar refractivity (Wildman–Crippen MR) is 101 cm³/mol. The lowest BCUT2D eigenvalue weighted by Crippen LogP contribution is -2.58. The molecule has 0 radical (unpaired) electrons. The summed E-state index contributed by atoms with van der Waals surface area (Å²) in [5.41, 5.74) is 3.15. The Labute approximate surface area is 152 Å².